The van der Waals surface area contributed by atoms with E-state index in [2.05, 4.69) is 20.9 Å². The second-order valence-electron chi connectivity index (χ2n) is 3.79. The van der Waals surface area contributed by atoms with Gasteiger partial charge in [0.15, 0.2) is 5.78 Å². The van der Waals surface area contributed by atoms with Gasteiger partial charge in [-0.3, -0.25) is 9.59 Å². The molecule has 18 heavy (non-hydrogen) atoms. The minimum Gasteiger partial charge on any atom is -0.481 e. The molecule has 2 aromatic rings. The molecule has 0 saturated heterocycles. The van der Waals surface area contributed by atoms with E-state index < -0.39 is 10.8 Å². The van der Waals surface area contributed by atoms with Crippen LogP contribution in [0.2, 0.25) is 5.02 Å². The number of hydrogen-bond donors (Lipinski definition) is 2. The van der Waals surface area contributed by atoms with Gasteiger partial charge in [0.1, 0.15) is 0 Å². The number of benzene rings is 1. The smallest absolute Gasteiger partial charge is 0.304 e. The van der Waals surface area contributed by atoms with Crippen LogP contribution in [-0.2, 0) is 4.79 Å². The summed E-state index contributed by atoms with van der Waals surface area (Å²) >= 11 is 9.08. The number of carboxylic acids is 1. The molecule has 0 aliphatic rings. The molecule has 0 aliphatic heterocycles. The average Bonchev–Trinajstić information content (AvgIpc) is 2.72. The third kappa shape index (κ3) is 2.42. The number of rotatable bonds is 4. The van der Waals surface area contributed by atoms with Crippen molar-refractivity contribution in [3.05, 3.63) is 35.0 Å². The van der Waals surface area contributed by atoms with Gasteiger partial charge in [-0.1, -0.05) is 39.7 Å². The first-order valence-electron chi connectivity index (χ1n) is 5.16. The normalized spacial score (nSPS) is 12.6. The zero-order valence-corrected chi connectivity index (χ0v) is 11.5. The van der Waals surface area contributed by atoms with Crippen LogP contribution in [0.1, 0.15) is 16.8 Å². The number of hydrogen-bond acceptors (Lipinski definition) is 2. The maximum atomic E-state index is 12.1. The first-order valence-corrected chi connectivity index (χ1v) is 6.45. The number of alkyl halides is 1. The van der Waals surface area contributed by atoms with Gasteiger partial charge in [-0.25, -0.2) is 0 Å². The number of Topliss-reactive ketones (excluding diaryl/α,β-unsaturated/α-hetero) is 1. The Morgan fingerprint density at radius 3 is 2.83 bits per heavy atom. The zero-order valence-electron chi connectivity index (χ0n) is 9.11. The number of para-hydroxylation sites is 1. The van der Waals surface area contributed by atoms with Crippen molar-refractivity contribution in [1.29, 1.82) is 0 Å². The lowest BCUT2D eigenvalue weighted by molar-refractivity contribution is -0.136. The number of carboxylic acid groups (broad SMARTS) is 1. The predicted octanol–water partition coefficient (Wildman–Crippen LogP) is 3.24. The van der Waals surface area contributed by atoms with E-state index in [1.165, 1.54) is 0 Å². The fourth-order valence-corrected chi connectivity index (χ4v) is 2.49. The molecule has 0 aliphatic carbocycles. The summed E-state index contributed by atoms with van der Waals surface area (Å²) in [5.41, 5.74) is 1.12. The SMILES string of the molecule is O=C(O)CC(Br)C(=O)c1c[nH]c2c(Cl)cccc12. The van der Waals surface area contributed by atoms with Crippen LogP contribution in [0.15, 0.2) is 24.4 Å². The van der Waals surface area contributed by atoms with Crippen LogP contribution >= 0.6 is 27.5 Å². The summed E-state index contributed by atoms with van der Waals surface area (Å²) in [6.45, 7) is 0. The van der Waals surface area contributed by atoms with Gasteiger partial charge in [-0.2, -0.15) is 0 Å². The van der Waals surface area contributed by atoms with Gasteiger partial charge in [0, 0.05) is 17.1 Å². The number of halogens is 2. The van der Waals surface area contributed by atoms with Gasteiger partial charge in [0.25, 0.3) is 0 Å². The summed E-state index contributed by atoms with van der Waals surface area (Å²) in [5, 5.41) is 9.90. The molecule has 1 unspecified atom stereocenters. The first-order chi connectivity index (χ1) is 8.50. The standard InChI is InChI=1S/C12H9BrClNO3/c13-8(4-10(16)17)12(18)7-5-15-11-6(7)2-1-3-9(11)14/h1-3,5,8,15H,4H2,(H,16,17). The molecule has 6 heteroatoms. The Labute approximate surface area is 116 Å². The van der Waals surface area contributed by atoms with E-state index in [0.717, 1.165) is 0 Å². The van der Waals surface area contributed by atoms with Gasteiger partial charge in [-0.05, 0) is 6.07 Å². The van der Waals surface area contributed by atoms with E-state index >= 15 is 0 Å². The Morgan fingerprint density at radius 2 is 2.17 bits per heavy atom. The Kier molecular flexibility index (Phi) is 3.73. The Balaban J connectivity index is 2.40. The van der Waals surface area contributed by atoms with Crippen molar-refractivity contribution in [2.75, 3.05) is 0 Å². The molecule has 4 nitrogen and oxygen atoms in total. The van der Waals surface area contributed by atoms with Crippen molar-refractivity contribution in [3.8, 4) is 0 Å². The molecule has 1 atom stereocenters. The number of ketones is 1. The van der Waals surface area contributed by atoms with Crippen molar-refractivity contribution in [3.63, 3.8) is 0 Å². The number of aromatic amines is 1. The van der Waals surface area contributed by atoms with Crippen LogP contribution in [0.5, 0.6) is 0 Å². The van der Waals surface area contributed by atoms with Crippen molar-refractivity contribution in [2.45, 2.75) is 11.2 Å². The Morgan fingerprint density at radius 1 is 1.44 bits per heavy atom. The third-order valence-electron chi connectivity index (χ3n) is 2.57. The summed E-state index contributed by atoms with van der Waals surface area (Å²) in [6, 6.07) is 5.23. The van der Waals surface area contributed by atoms with Gasteiger partial charge < -0.3 is 10.1 Å². The van der Waals surface area contributed by atoms with Crippen LogP contribution in [0.3, 0.4) is 0 Å². The van der Waals surface area contributed by atoms with Crippen LogP contribution in [0, 0.1) is 0 Å². The van der Waals surface area contributed by atoms with E-state index in [1.54, 1.807) is 24.4 Å². The zero-order chi connectivity index (χ0) is 13.3. The molecule has 94 valence electrons. The lowest BCUT2D eigenvalue weighted by Crippen LogP contribution is -2.17. The van der Waals surface area contributed by atoms with Gasteiger partial charge >= 0.3 is 5.97 Å². The molecule has 0 fully saturated rings. The van der Waals surface area contributed by atoms with E-state index in [9.17, 15) is 9.59 Å². The monoisotopic (exact) mass is 329 g/mol. The number of carbonyl (C=O) groups is 2. The summed E-state index contributed by atoms with van der Waals surface area (Å²) < 4.78 is 0. The third-order valence-corrected chi connectivity index (χ3v) is 3.62. The summed E-state index contributed by atoms with van der Waals surface area (Å²) in [4.78, 5) is 24.9. The van der Waals surface area contributed by atoms with E-state index in [-0.39, 0.29) is 12.2 Å². The molecule has 2 rings (SSSR count). The van der Waals surface area contributed by atoms with Crippen LogP contribution in [0.4, 0.5) is 0 Å². The molecule has 0 spiro atoms. The van der Waals surface area contributed by atoms with Crippen molar-refractivity contribution < 1.29 is 14.7 Å². The highest BCUT2D eigenvalue weighted by atomic mass is 79.9. The van der Waals surface area contributed by atoms with Crippen LogP contribution in [0.25, 0.3) is 10.9 Å². The first kappa shape index (κ1) is 13.1. The molecule has 0 bridgehead atoms. The molecule has 1 aromatic heterocycles. The largest absolute Gasteiger partial charge is 0.481 e. The highest BCUT2D eigenvalue weighted by molar-refractivity contribution is 9.10. The second-order valence-corrected chi connectivity index (χ2v) is 5.31. The minimum atomic E-state index is -1.02. The quantitative estimate of drug-likeness (QED) is 0.668. The Hall–Kier alpha value is -1.33. The number of aromatic nitrogens is 1. The lowest BCUT2D eigenvalue weighted by Gasteiger charge is -2.04. The molecule has 1 aromatic carbocycles. The maximum Gasteiger partial charge on any atom is 0.304 e. The highest BCUT2D eigenvalue weighted by Crippen LogP contribution is 2.27. The molecule has 2 N–H and O–H groups in total. The highest BCUT2D eigenvalue weighted by Gasteiger charge is 2.22. The molecule has 0 saturated carbocycles. The predicted molar refractivity (Wildman–Crippen MR) is 72.6 cm³/mol. The average molecular weight is 331 g/mol. The number of fused-ring (bicyclic) bond motifs is 1. The fourth-order valence-electron chi connectivity index (χ4n) is 1.74. The van der Waals surface area contributed by atoms with Crippen LogP contribution in [-0.4, -0.2) is 26.7 Å². The fraction of sp³-hybridized carbons (Fsp3) is 0.167. The molecular formula is C12H9BrClNO3. The molecule has 0 amide bonds. The summed E-state index contributed by atoms with van der Waals surface area (Å²) in [5.74, 6) is -1.30. The molecule has 1 heterocycles. The summed E-state index contributed by atoms with van der Waals surface area (Å²) in [7, 11) is 0. The van der Waals surface area contributed by atoms with Crippen molar-refractivity contribution in [1.82, 2.24) is 4.98 Å². The Bertz CT molecular complexity index is 623. The van der Waals surface area contributed by atoms with Gasteiger partial charge in [0.05, 0.1) is 21.8 Å². The summed E-state index contributed by atoms with van der Waals surface area (Å²) in [6.07, 6.45) is 1.29. The number of H-pyrrole nitrogens is 1. The molecular weight excluding hydrogens is 321 g/mol. The number of aliphatic carboxylic acids is 1. The van der Waals surface area contributed by atoms with E-state index in [1.807, 2.05) is 0 Å². The molecule has 0 radical (unpaired) electrons. The van der Waals surface area contributed by atoms with E-state index in [4.69, 9.17) is 16.7 Å². The number of carbonyl (C=O) groups excluding carboxylic acids is 1. The van der Waals surface area contributed by atoms with Gasteiger partial charge in [0.2, 0.25) is 0 Å². The van der Waals surface area contributed by atoms with Crippen LogP contribution < -0.4 is 0 Å². The van der Waals surface area contributed by atoms with E-state index in [0.29, 0.717) is 21.5 Å². The van der Waals surface area contributed by atoms with Crippen molar-refractivity contribution >= 4 is 50.2 Å². The lowest BCUT2D eigenvalue weighted by atomic mass is 10.1. The number of nitrogens with one attached hydrogen (secondary N) is 1. The van der Waals surface area contributed by atoms with Gasteiger partial charge in [-0.15, -0.1) is 0 Å². The minimum absolute atomic E-state index is 0.258. The topological polar surface area (TPSA) is 70.2 Å². The second kappa shape index (κ2) is 5.12. The van der Waals surface area contributed by atoms with Crippen molar-refractivity contribution in [2.24, 2.45) is 0 Å². The maximum absolute atomic E-state index is 12.1.